The summed E-state index contributed by atoms with van der Waals surface area (Å²) < 4.78 is 11.9. The van der Waals surface area contributed by atoms with Gasteiger partial charge in [0.25, 0.3) is 0 Å². The molecule has 17 heavy (non-hydrogen) atoms. The van der Waals surface area contributed by atoms with Crippen molar-refractivity contribution in [1.29, 1.82) is 0 Å². The Morgan fingerprint density at radius 1 is 1.18 bits per heavy atom. The molecule has 1 aliphatic carbocycles. The van der Waals surface area contributed by atoms with E-state index in [1.54, 1.807) is 0 Å². The van der Waals surface area contributed by atoms with Crippen molar-refractivity contribution < 1.29 is 9.16 Å². The highest BCUT2D eigenvalue weighted by Crippen LogP contribution is 2.35. The average molecular weight is 248 g/mol. The standard InChI is InChI=1S/C14H20O2Si/c1-5-15-13-10-11-8-6-7-9-12(11)14(13)16-17(2,3)4/h6-9H,5,10H2,1-4H3. The van der Waals surface area contributed by atoms with Gasteiger partial charge in [-0.2, -0.15) is 0 Å². The van der Waals surface area contributed by atoms with Crippen LogP contribution in [0.15, 0.2) is 30.0 Å². The molecule has 0 unspecified atom stereocenters. The van der Waals surface area contributed by atoms with Crippen LogP contribution in [-0.4, -0.2) is 14.9 Å². The van der Waals surface area contributed by atoms with Crippen LogP contribution in [0.3, 0.4) is 0 Å². The van der Waals surface area contributed by atoms with E-state index >= 15 is 0 Å². The zero-order valence-electron chi connectivity index (χ0n) is 11.0. The molecule has 0 aromatic heterocycles. The first-order chi connectivity index (χ1) is 8.01. The van der Waals surface area contributed by atoms with Gasteiger partial charge in [-0.25, -0.2) is 0 Å². The van der Waals surface area contributed by atoms with E-state index in [2.05, 4.69) is 43.9 Å². The monoisotopic (exact) mass is 248 g/mol. The van der Waals surface area contributed by atoms with E-state index in [0.29, 0.717) is 6.61 Å². The molecule has 0 aliphatic heterocycles. The lowest BCUT2D eigenvalue weighted by atomic mass is 10.1. The molecule has 0 amide bonds. The smallest absolute Gasteiger partial charge is 0.242 e. The summed E-state index contributed by atoms with van der Waals surface area (Å²) in [7, 11) is -1.60. The average Bonchev–Trinajstić information content (AvgIpc) is 2.56. The lowest BCUT2D eigenvalue weighted by Crippen LogP contribution is -2.24. The maximum Gasteiger partial charge on any atom is 0.242 e. The van der Waals surface area contributed by atoms with Gasteiger partial charge in [0.15, 0.2) is 0 Å². The molecule has 0 N–H and O–H groups in total. The fourth-order valence-electron chi connectivity index (χ4n) is 2.01. The van der Waals surface area contributed by atoms with Crippen LogP contribution in [0.1, 0.15) is 18.1 Å². The molecule has 0 heterocycles. The predicted octanol–water partition coefficient (Wildman–Crippen LogP) is 3.80. The van der Waals surface area contributed by atoms with Crippen molar-refractivity contribution in [3.8, 4) is 0 Å². The van der Waals surface area contributed by atoms with Gasteiger partial charge in [0.1, 0.15) is 11.5 Å². The van der Waals surface area contributed by atoms with Crippen molar-refractivity contribution in [3.63, 3.8) is 0 Å². The van der Waals surface area contributed by atoms with E-state index < -0.39 is 8.32 Å². The highest BCUT2D eigenvalue weighted by Gasteiger charge is 2.28. The van der Waals surface area contributed by atoms with Crippen LogP contribution >= 0.6 is 0 Å². The van der Waals surface area contributed by atoms with E-state index in [1.165, 1.54) is 11.1 Å². The Bertz CT molecular complexity index is 444. The van der Waals surface area contributed by atoms with Crippen LogP contribution in [0.25, 0.3) is 5.76 Å². The van der Waals surface area contributed by atoms with Crippen LogP contribution in [0, 0.1) is 0 Å². The number of allylic oxidation sites excluding steroid dienone is 1. The van der Waals surface area contributed by atoms with Gasteiger partial charge in [0.2, 0.25) is 8.32 Å². The van der Waals surface area contributed by atoms with Crippen LogP contribution in [0.2, 0.25) is 19.6 Å². The SMILES string of the molecule is CCOC1=C(O[Si](C)(C)C)c2ccccc2C1. The van der Waals surface area contributed by atoms with Crippen molar-refractivity contribution in [2.24, 2.45) is 0 Å². The second-order valence-electron chi connectivity index (χ2n) is 5.23. The number of hydrogen-bond donors (Lipinski definition) is 0. The maximum atomic E-state index is 6.18. The molecule has 2 rings (SSSR count). The van der Waals surface area contributed by atoms with Crippen molar-refractivity contribution in [3.05, 3.63) is 41.2 Å². The molecule has 1 aliphatic rings. The molecule has 0 spiro atoms. The second-order valence-corrected chi connectivity index (χ2v) is 9.66. The Kier molecular flexibility index (Phi) is 3.29. The third-order valence-electron chi connectivity index (χ3n) is 2.59. The zero-order chi connectivity index (χ0) is 12.5. The predicted molar refractivity (Wildman–Crippen MR) is 73.1 cm³/mol. The number of ether oxygens (including phenoxy) is 1. The van der Waals surface area contributed by atoms with Crippen molar-refractivity contribution in [2.45, 2.75) is 33.0 Å². The van der Waals surface area contributed by atoms with Gasteiger partial charge < -0.3 is 9.16 Å². The van der Waals surface area contributed by atoms with Gasteiger partial charge in [-0.05, 0) is 32.1 Å². The summed E-state index contributed by atoms with van der Waals surface area (Å²) in [6.07, 6.45) is 0.865. The summed E-state index contributed by atoms with van der Waals surface area (Å²) in [5.74, 6) is 1.97. The largest absolute Gasteiger partial charge is 0.542 e. The quantitative estimate of drug-likeness (QED) is 0.755. The molecule has 92 valence electrons. The van der Waals surface area contributed by atoms with Gasteiger partial charge in [-0.3, -0.25) is 0 Å². The third kappa shape index (κ3) is 2.72. The summed E-state index contributed by atoms with van der Waals surface area (Å²) >= 11 is 0. The van der Waals surface area contributed by atoms with Gasteiger partial charge >= 0.3 is 0 Å². The summed E-state index contributed by atoms with van der Waals surface area (Å²) in [4.78, 5) is 0. The first kappa shape index (κ1) is 12.2. The molecular weight excluding hydrogens is 228 g/mol. The lowest BCUT2D eigenvalue weighted by Gasteiger charge is -2.22. The van der Waals surface area contributed by atoms with Gasteiger partial charge in [0, 0.05) is 12.0 Å². The van der Waals surface area contributed by atoms with Crippen LogP contribution in [-0.2, 0) is 15.6 Å². The van der Waals surface area contributed by atoms with Crippen LogP contribution in [0.4, 0.5) is 0 Å². The third-order valence-corrected chi connectivity index (χ3v) is 3.41. The van der Waals surface area contributed by atoms with Crippen molar-refractivity contribution >= 4 is 14.1 Å². The fraction of sp³-hybridized carbons (Fsp3) is 0.429. The van der Waals surface area contributed by atoms with E-state index in [4.69, 9.17) is 9.16 Å². The molecule has 1 aromatic carbocycles. The molecule has 1 aromatic rings. The molecule has 3 heteroatoms. The summed E-state index contributed by atoms with van der Waals surface area (Å²) in [6, 6.07) is 8.40. The van der Waals surface area contributed by atoms with Crippen molar-refractivity contribution in [2.75, 3.05) is 6.61 Å². The minimum atomic E-state index is -1.60. The van der Waals surface area contributed by atoms with Gasteiger partial charge in [-0.15, -0.1) is 0 Å². The van der Waals surface area contributed by atoms with Crippen LogP contribution < -0.4 is 0 Å². The Morgan fingerprint density at radius 3 is 2.53 bits per heavy atom. The highest BCUT2D eigenvalue weighted by atomic mass is 28.4. The number of benzene rings is 1. The molecule has 0 saturated carbocycles. The summed E-state index contributed by atoms with van der Waals surface area (Å²) in [5.41, 5.74) is 2.52. The molecule has 0 bridgehead atoms. The van der Waals surface area contributed by atoms with Crippen LogP contribution in [0.5, 0.6) is 0 Å². The molecular formula is C14H20O2Si. The number of fused-ring (bicyclic) bond motifs is 1. The lowest BCUT2D eigenvalue weighted by molar-refractivity contribution is 0.220. The Morgan fingerprint density at radius 2 is 1.88 bits per heavy atom. The maximum absolute atomic E-state index is 6.18. The molecule has 0 saturated heterocycles. The molecule has 0 radical (unpaired) electrons. The first-order valence-electron chi connectivity index (χ1n) is 6.14. The summed E-state index contributed by atoms with van der Waals surface area (Å²) in [6.45, 7) is 9.31. The first-order valence-corrected chi connectivity index (χ1v) is 9.55. The van der Waals surface area contributed by atoms with Crippen molar-refractivity contribution in [1.82, 2.24) is 0 Å². The number of rotatable bonds is 4. The molecule has 0 fully saturated rings. The van der Waals surface area contributed by atoms with Gasteiger partial charge in [-0.1, -0.05) is 24.3 Å². The van der Waals surface area contributed by atoms with E-state index in [9.17, 15) is 0 Å². The Hall–Kier alpha value is -1.22. The van der Waals surface area contributed by atoms with Gasteiger partial charge in [0.05, 0.1) is 6.61 Å². The molecule has 2 nitrogen and oxygen atoms in total. The summed E-state index contributed by atoms with van der Waals surface area (Å²) in [5, 5.41) is 0. The zero-order valence-corrected chi connectivity index (χ0v) is 12.0. The molecule has 0 atom stereocenters. The minimum Gasteiger partial charge on any atom is -0.542 e. The topological polar surface area (TPSA) is 18.5 Å². The Labute approximate surface area is 104 Å². The van der Waals surface area contributed by atoms with E-state index in [-0.39, 0.29) is 0 Å². The highest BCUT2D eigenvalue weighted by molar-refractivity contribution is 6.70. The van der Waals surface area contributed by atoms with E-state index in [0.717, 1.165) is 17.9 Å². The fourth-order valence-corrected chi connectivity index (χ4v) is 2.84. The minimum absolute atomic E-state index is 0.696. The number of hydrogen-bond acceptors (Lipinski definition) is 2. The normalized spacial score (nSPS) is 14.8. The second kappa shape index (κ2) is 4.57. The Balaban J connectivity index is 2.36. The van der Waals surface area contributed by atoms with E-state index in [1.807, 2.05) is 6.92 Å².